The molecule has 0 atom stereocenters. The molecule has 0 spiro atoms. The van der Waals surface area contributed by atoms with Gasteiger partial charge in [-0.25, -0.2) is 8.42 Å². The van der Waals surface area contributed by atoms with Crippen LogP contribution in [0.15, 0.2) is 52.3 Å². The molecule has 1 aliphatic rings. The lowest BCUT2D eigenvalue weighted by atomic mass is 9.96. The Labute approximate surface area is 194 Å². The zero-order valence-corrected chi connectivity index (χ0v) is 20.1. The smallest absolute Gasteiger partial charge is 0.263 e. The van der Waals surface area contributed by atoms with E-state index in [1.165, 1.54) is 4.57 Å². The van der Waals surface area contributed by atoms with Gasteiger partial charge in [0.15, 0.2) is 9.84 Å². The third-order valence-corrected chi connectivity index (χ3v) is 8.25. The van der Waals surface area contributed by atoms with Gasteiger partial charge in [-0.1, -0.05) is 12.1 Å². The second-order valence-corrected chi connectivity index (χ2v) is 11.3. The molecule has 1 N–H and O–H groups in total. The maximum Gasteiger partial charge on any atom is 0.263 e. The summed E-state index contributed by atoms with van der Waals surface area (Å²) in [6.45, 7) is 4.89. The molecule has 1 aromatic carbocycles. The maximum atomic E-state index is 12.7. The summed E-state index contributed by atoms with van der Waals surface area (Å²) in [5.74, 6) is -0.113. The lowest BCUT2D eigenvalue weighted by Gasteiger charge is -2.32. The van der Waals surface area contributed by atoms with E-state index in [-0.39, 0.29) is 40.2 Å². The van der Waals surface area contributed by atoms with Crippen LogP contribution in [0.4, 0.5) is 0 Å². The molecule has 1 fully saturated rings. The topological polar surface area (TPSA) is 106 Å². The number of likely N-dealkylation sites (tertiary alicyclic amines) is 1. The van der Waals surface area contributed by atoms with E-state index in [0.717, 1.165) is 18.4 Å². The van der Waals surface area contributed by atoms with Crippen LogP contribution in [0.5, 0.6) is 0 Å². The van der Waals surface area contributed by atoms with E-state index < -0.39 is 15.1 Å². The first-order valence-electron chi connectivity index (χ1n) is 11.1. The number of benzene rings is 1. The molecule has 0 radical (unpaired) electrons. The van der Waals surface area contributed by atoms with Crippen LogP contribution in [-0.2, 0) is 28.1 Å². The Kier molecular flexibility index (Phi) is 7.73. The number of aromatic nitrogens is 1. The Balaban J connectivity index is 1.46. The first-order valence-corrected chi connectivity index (χ1v) is 12.7. The summed E-state index contributed by atoms with van der Waals surface area (Å²) in [4.78, 5) is 39.2. The van der Waals surface area contributed by atoms with Gasteiger partial charge in [0, 0.05) is 32.9 Å². The number of pyridine rings is 1. The Hall–Kier alpha value is -2.94. The van der Waals surface area contributed by atoms with Crippen molar-refractivity contribution < 1.29 is 18.0 Å². The van der Waals surface area contributed by atoms with Gasteiger partial charge in [-0.15, -0.1) is 0 Å². The third kappa shape index (κ3) is 5.90. The number of hydrogen-bond donors (Lipinski definition) is 1. The molecule has 1 aliphatic heterocycles. The normalized spacial score (nSPS) is 15.0. The molecule has 8 nitrogen and oxygen atoms in total. The SMILES string of the molecule is CC(C)S(=O)(=O)c1ccc(CC(=O)NCC2CCN(C(=O)c3cccn(C)c3=O)CC2)cc1. The molecular weight excluding hydrogens is 442 g/mol. The van der Waals surface area contributed by atoms with Gasteiger partial charge in [0.05, 0.1) is 16.6 Å². The van der Waals surface area contributed by atoms with Gasteiger partial charge >= 0.3 is 0 Å². The van der Waals surface area contributed by atoms with Gasteiger partial charge in [0.2, 0.25) is 5.91 Å². The average Bonchev–Trinajstić information content (AvgIpc) is 2.79. The Bertz CT molecular complexity index is 1160. The van der Waals surface area contributed by atoms with Gasteiger partial charge < -0.3 is 14.8 Å². The molecule has 178 valence electrons. The molecule has 2 amide bonds. The fraction of sp³-hybridized carbons (Fsp3) is 0.458. The molecule has 0 aliphatic carbocycles. The summed E-state index contributed by atoms with van der Waals surface area (Å²) < 4.78 is 25.8. The number of amides is 2. The minimum absolute atomic E-state index is 0.124. The summed E-state index contributed by atoms with van der Waals surface area (Å²) in [7, 11) is -1.71. The first kappa shape index (κ1) is 24.7. The van der Waals surface area contributed by atoms with Crippen molar-refractivity contribution in [2.75, 3.05) is 19.6 Å². The van der Waals surface area contributed by atoms with E-state index in [2.05, 4.69) is 5.32 Å². The second kappa shape index (κ2) is 10.3. The number of carbonyl (C=O) groups is 2. The minimum atomic E-state index is -3.33. The van der Waals surface area contributed by atoms with Crippen molar-refractivity contribution in [3.63, 3.8) is 0 Å². The zero-order chi connectivity index (χ0) is 24.2. The highest BCUT2D eigenvalue weighted by atomic mass is 32.2. The highest BCUT2D eigenvalue weighted by Gasteiger charge is 2.25. The van der Waals surface area contributed by atoms with E-state index in [1.807, 2.05) is 0 Å². The van der Waals surface area contributed by atoms with Crippen LogP contribution in [0, 0.1) is 5.92 Å². The van der Waals surface area contributed by atoms with E-state index >= 15 is 0 Å². The van der Waals surface area contributed by atoms with E-state index in [4.69, 9.17) is 0 Å². The van der Waals surface area contributed by atoms with E-state index in [9.17, 15) is 22.8 Å². The molecule has 9 heteroatoms. The van der Waals surface area contributed by atoms with Crippen LogP contribution in [0.1, 0.15) is 42.6 Å². The molecule has 2 aromatic rings. The van der Waals surface area contributed by atoms with Crippen LogP contribution >= 0.6 is 0 Å². The summed E-state index contributed by atoms with van der Waals surface area (Å²) in [6, 6.07) is 9.69. The Morgan fingerprint density at radius 2 is 1.73 bits per heavy atom. The van der Waals surface area contributed by atoms with Crippen LogP contribution in [0.25, 0.3) is 0 Å². The zero-order valence-electron chi connectivity index (χ0n) is 19.3. The van der Waals surface area contributed by atoms with Gasteiger partial charge in [-0.3, -0.25) is 14.4 Å². The maximum absolute atomic E-state index is 12.7. The molecule has 1 aromatic heterocycles. The number of aryl methyl sites for hydroxylation is 1. The highest BCUT2D eigenvalue weighted by Crippen LogP contribution is 2.19. The highest BCUT2D eigenvalue weighted by molar-refractivity contribution is 7.92. The number of nitrogens with one attached hydrogen (secondary N) is 1. The monoisotopic (exact) mass is 473 g/mol. The van der Waals surface area contributed by atoms with Crippen molar-refractivity contribution in [2.45, 2.75) is 43.3 Å². The first-order chi connectivity index (χ1) is 15.6. The van der Waals surface area contributed by atoms with E-state index in [0.29, 0.717) is 19.6 Å². The van der Waals surface area contributed by atoms with E-state index in [1.54, 1.807) is 68.4 Å². The summed E-state index contributed by atoms with van der Waals surface area (Å²) in [6.07, 6.45) is 3.30. The van der Waals surface area contributed by atoms with Gasteiger partial charge in [0.1, 0.15) is 5.56 Å². The van der Waals surface area contributed by atoms with Crippen LogP contribution < -0.4 is 10.9 Å². The Morgan fingerprint density at radius 3 is 2.33 bits per heavy atom. The molecular formula is C24H31N3O5S. The number of piperidine rings is 1. The number of nitrogens with zero attached hydrogens (tertiary/aromatic N) is 2. The molecule has 3 rings (SSSR count). The van der Waals surface area contributed by atoms with Crippen molar-refractivity contribution in [1.29, 1.82) is 0 Å². The number of rotatable bonds is 7. The van der Waals surface area contributed by atoms with Crippen molar-refractivity contribution in [2.24, 2.45) is 13.0 Å². The van der Waals surface area contributed by atoms with Crippen LogP contribution in [0.2, 0.25) is 0 Å². The van der Waals surface area contributed by atoms with Gasteiger partial charge in [0.25, 0.3) is 11.5 Å². The standard InChI is InChI=1S/C24H31N3O5S/c1-17(2)33(31,32)20-8-6-18(7-9-20)15-22(28)25-16-19-10-13-27(14-11-19)24(30)21-5-4-12-26(3)23(21)29/h4-9,12,17,19H,10-11,13-16H2,1-3H3,(H,25,28). The summed E-state index contributed by atoms with van der Waals surface area (Å²) >= 11 is 0. The van der Waals surface area contributed by atoms with Crippen molar-refractivity contribution in [3.8, 4) is 0 Å². The fourth-order valence-electron chi connectivity index (χ4n) is 3.85. The lowest BCUT2D eigenvalue weighted by Crippen LogP contribution is -2.43. The number of hydrogen-bond acceptors (Lipinski definition) is 5. The third-order valence-electron chi connectivity index (χ3n) is 6.08. The summed E-state index contributed by atoms with van der Waals surface area (Å²) in [5, 5.41) is 2.45. The van der Waals surface area contributed by atoms with Crippen molar-refractivity contribution in [3.05, 3.63) is 64.1 Å². The molecule has 0 unspecified atom stereocenters. The molecule has 0 saturated carbocycles. The van der Waals surface area contributed by atoms with Gasteiger partial charge in [-0.05, 0) is 62.4 Å². The fourth-order valence-corrected chi connectivity index (χ4v) is 4.91. The molecule has 1 saturated heterocycles. The molecule has 2 heterocycles. The number of carbonyl (C=O) groups excluding carboxylic acids is 2. The second-order valence-electron chi connectivity index (χ2n) is 8.79. The molecule has 33 heavy (non-hydrogen) atoms. The molecule has 0 bridgehead atoms. The predicted molar refractivity (Wildman–Crippen MR) is 126 cm³/mol. The predicted octanol–water partition coefficient (Wildman–Crippen LogP) is 1.78. The van der Waals surface area contributed by atoms with Gasteiger partial charge in [-0.2, -0.15) is 0 Å². The lowest BCUT2D eigenvalue weighted by molar-refractivity contribution is -0.120. The average molecular weight is 474 g/mol. The van der Waals surface area contributed by atoms with Crippen LogP contribution in [0.3, 0.4) is 0 Å². The van der Waals surface area contributed by atoms with Crippen LogP contribution in [-0.4, -0.2) is 54.6 Å². The Morgan fingerprint density at radius 1 is 1.09 bits per heavy atom. The quantitative estimate of drug-likeness (QED) is 0.660. The summed E-state index contributed by atoms with van der Waals surface area (Å²) in [5.41, 5.74) is 0.630. The minimum Gasteiger partial charge on any atom is -0.356 e. The van der Waals surface area contributed by atoms with Crippen molar-refractivity contribution >= 4 is 21.7 Å². The number of sulfone groups is 1. The largest absolute Gasteiger partial charge is 0.356 e. The van der Waals surface area contributed by atoms with Crippen molar-refractivity contribution in [1.82, 2.24) is 14.8 Å².